The van der Waals surface area contributed by atoms with Crippen LogP contribution in [0.4, 0.5) is 8.78 Å². The number of aryl methyl sites for hydroxylation is 3. The van der Waals surface area contributed by atoms with E-state index in [0.29, 0.717) is 29.1 Å². The van der Waals surface area contributed by atoms with Crippen LogP contribution >= 0.6 is 11.3 Å². The van der Waals surface area contributed by atoms with Crippen LogP contribution in [0, 0.1) is 32.4 Å². The van der Waals surface area contributed by atoms with Crippen LogP contribution in [0.25, 0.3) is 5.65 Å². The molecule has 1 atom stereocenters. The number of Topliss-reactive ketones (excluding diaryl/α,β-unsaturated/α-hetero) is 1. The van der Waals surface area contributed by atoms with Crippen molar-refractivity contribution in [3.63, 3.8) is 0 Å². The van der Waals surface area contributed by atoms with Gasteiger partial charge in [0.2, 0.25) is 5.65 Å². The summed E-state index contributed by atoms with van der Waals surface area (Å²) in [6, 6.07) is 3.63. The average Bonchev–Trinajstić information content (AvgIpc) is 3.36. The molecule has 0 saturated carbocycles. The Kier molecular flexibility index (Phi) is 6.44. The summed E-state index contributed by atoms with van der Waals surface area (Å²) in [4.78, 5) is 22.4. The van der Waals surface area contributed by atoms with Gasteiger partial charge in [-0.05, 0) is 39.3 Å². The molecule has 1 aromatic carbocycles. The van der Waals surface area contributed by atoms with Crippen molar-refractivity contribution in [3.05, 3.63) is 68.7 Å². The zero-order valence-corrected chi connectivity index (χ0v) is 20.5. The van der Waals surface area contributed by atoms with Gasteiger partial charge in [0.25, 0.3) is 5.88 Å². The number of rotatable bonds is 8. The fourth-order valence-electron chi connectivity index (χ4n) is 3.82. The van der Waals surface area contributed by atoms with E-state index >= 15 is 0 Å². The summed E-state index contributed by atoms with van der Waals surface area (Å²) in [7, 11) is 0. The molecule has 0 saturated heterocycles. The second-order valence-electron chi connectivity index (χ2n) is 8.56. The Morgan fingerprint density at radius 2 is 1.85 bits per heavy atom. The maximum Gasteiger partial charge on any atom is 0.258 e. The number of carbonyl (C=O) groups is 1. The summed E-state index contributed by atoms with van der Waals surface area (Å²) in [5.41, 5.74) is 1.15. The van der Waals surface area contributed by atoms with Gasteiger partial charge in [0.1, 0.15) is 34.0 Å². The molecule has 0 fully saturated rings. The first-order valence-corrected chi connectivity index (χ1v) is 11.7. The minimum Gasteiger partial charge on any atom is -0.470 e. The minimum atomic E-state index is -0.704. The van der Waals surface area contributed by atoms with Gasteiger partial charge in [-0.1, -0.05) is 19.9 Å². The number of carbonyl (C=O) groups excluding carboxylic acids is 1. The third-order valence-corrected chi connectivity index (χ3v) is 7.07. The number of ether oxygens (including phenoxy) is 1. The van der Waals surface area contributed by atoms with Crippen molar-refractivity contribution >= 4 is 22.8 Å². The molecule has 0 radical (unpaired) electrons. The van der Waals surface area contributed by atoms with E-state index in [0.717, 1.165) is 10.0 Å². The fraction of sp³-hybridized carbons (Fsp3) is 0.375. The first kappa shape index (κ1) is 23.9. The molecule has 0 N–H and O–H groups in total. The first-order chi connectivity index (χ1) is 16.1. The van der Waals surface area contributed by atoms with E-state index < -0.39 is 17.0 Å². The predicted molar refractivity (Wildman–Crippen MR) is 124 cm³/mol. The molecule has 0 aliphatic rings. The van der Waals surface area contributed by atoms with Crippen molar-refractivity contribution < 1.29 is 18.3 Å². The van der Waals surface area contributed by atoms with Crippen molar-refractivity contribution in [1.82, 2.24) is 24.6 Å². The van der Waals surface area contributed by atoms with Crippen LogP contribution in [0.15, 0.2) is 24.4 Å². The van der Waals surface area contributed by atoms with E-state index in [1.807, 2.05) is 20.8 Å². The van der Waals surface area contributed by atoms with E-state index in [2.05, 4.69) is 20.2 Å². The molecule has 34 heavy (non-hydrogen) atoms. The van der Waals surface area contributed by atoms with Gasteiger partial charge < -0.3 is 4.74 Å². The lowest BCUT2D eigenvalue weighted by atomic mass is 9.82. The number of halogens is 2. The highest BCUT2D eigenvalue weighted by molar-refractivity contribution is 7.11. The lowest BCUT2D eigenvalue weighted by Crippen LogP contribution is -2.26. The SMILES string of the molecule is CC[C@](C)(CC(=O)c1c(C)nc2c(OCc3c(F)cccc3F)nc(C)cn12)c1nnc(C)s1. The number of imidazole rings is 1. The summed E-state index contributed by atoms with van der Waals surface area (Å²) < 4.78 is 35.4. The number of ketones is 1. The Balaban J connectivity index is 1.69. The van der Waals surface area contributed by atoms with E-state index in [-0.39, 0.29) is 30.3 Å². The minimum absolute atomic E-state index is 0.0982. The van der Waals surface area contributed by atoms with Crippen LogP contribution in [-0.2, 0) is 12.0 Å². The second kappa shape index (κ2) is 9.17. The summed E-state index contributed by atoms with van der Waals surface area (Å²) in [5, 5.41) is 10.1. The van der Waals surface area contributed by atoms with Crippen molar-refractivity contribution in [2.24, 2.45) is 0 Å². The maximum atomic E-state index is 14.0. The van der Waals surface area contributed by atoms with Crippen molar-refractivity contribution in [2.75, 3.05) is 0 Å². The summed E-state index contributed by atoms with van der Waals surface area (Å²) in [5.74, 6) is -1.41. The Labute approximate surface area is 199 Å². The van der Waals surface area contributed by atoms with Crippen LogP contribution in [0.1, 0.15) is 64.1 Å². The zero-order valence-electron chi connectivity index (χ0n) is 19.6. The molecule has 4 aromatic rings. The largest absolute Gasteiger partial charge is 0.470 e. The number of nitrogens with zero attached hydrogens (tertiary/aromatic N) is 5. The average molecular weight is 486 g/mol. The van der Waals surface area contributed by atoms with Gasteiger partial charge in [-0.25, -0.2) is 18.7 Å². The fourth-order valence-corrected chi connectivity index (χ4v) is 4.73. The second-order valence-corrected chi connectivity index (χ2v) is 9.74. The lowest BCUT2D eigenvalue weighted by molar-refractivity contribution is 0.0945. The van der Waals surface area contributed by atoms with Crippen LogP contribution in [0.2, 0.25) is 0 Å². The number of hydrogen-bond acceptors (Lipinski definition) is 7. The van der Waals surface area contributed by atoms with Crippen LogP contribution in [0.3, 0.4) is 0 Å². The summed E-state index contributed by atoms with van der Waals surface area (Å²) in [6.07, 6.45) is 2.65. The number of hydrogen-bond donors (Lipinski definition) is 0. The van der Waals surface area contributed by atoms with E-state index in [9.17, 15) is 13.6 Å². The van der Waals surface area contributed by atoms with E-state index in [1.54, 1.807) is 24.4 Å². The van der Waals surface area contributed by atoms with Crippen LogP contribution in [-0.4, -0.2) is 30.3 Å². The third kappa shape index (κ3) is 4.42. The van der Waals surface area contributed by atoms with E-state index in [4.69, 9.17) is 4.74 Å². The molecule has 0 aliphatic carbocycles. The van der Waals surface area contributed by atoms with Gasteiger partial charge in [0.15, 0.2) is 5.78 Å². The van der Waals surface area contributed by atoms with E-state index in [1.165, 1.54) is 29.5 Å². The molecule has 7 nitrogen and oxygen atoms in total. The molecule has 0 spiro atoms. The molecule has 10 heteroatoms. The molecule has 3 heterocycles. The quantitative estimate of drug-likeness (QED) is 0.315. The molecule has 178 valence electrons. The predicted octanol–water partition coefficient (Wildman–Crippen LogP) is 5.30. The lowest BCUT2D eigenvalue weighted by Gasteiger charge is -2.24. The molecular formula is C24H25F2N5O2S. The molecule has 3 aromatic heterocycles. The Bertz CT molecular complexity index is 1360. The topological polar surface area (TPSA) is 82.3 Å². The highest BCUT2D eigenvalue weighted by atomic mass is 32.1. The molecule has 0 aliphatic heterocycles. The molecule has 0 unspecified atom stereocenters. The Hall–Kier alpha value is -3.27. The Morgan fingerprint density at radius 3 is 2.47 bits per heavy atom. The summed E-state index contributed by atoms with van der Waals surface area (Å²) in [6.45, 7) is 9.05. The molecule has 4 rings (SSSR count). The van der Waals surface area contributed by atoms with Gasteiger partial charge in [-0.15, -0.1) is 21.5 Å². The molecule has 0 amide bonds. The summed E-state index contributed by atoms with van der Waals surface area (Å²) >= 11 is 1.49. The molecular weight excluding hydrogens is 460 g/mol. The monoisotopic (exact) mass is 485 g/mol. The smallest absolute Gasteiger partial charge is 0.258 e. The maximum absolute atomic E-state index is 14.0. The molecule has 0 bridgehead atoms. The van der Waals surface area contributed by atoms with Crippen molar-refractivity contribution in [2.45, 2.75) is 59.5 Å². The zero-order chi connectivity index (χ0) is 24.6. The van der Waals surface area contributed by atoms with Crippen LogP contribution in [0.5, 0.6) is 5.88 Å². The number of aromatic nitrogens is 5. The standard InChI is InChI=1S/C24H25F2N5O2S/c1-6-24(5,23-30-29-15(4)34-23)10-19(32)20-14(3)28-21-22(27-13(2)11-31(20)21)33-12-16-17(25)8-7-9-18(16)26/h7-9,11H,6,10,12H2,1-5H3/t24-/m1/s1. The Morgan fingerprint density at radius 1 is 1.15 bits per heavy atom. The van der Waals surface area contributed by atoms with Crippen molar-refractivity contribution in [1.29, 1.82) is 0 Å². The highest BCUT2D eigenvalue weighted by Gasteiger charge is 2.34. The van der Waals surface area contributed by atoms with Gasteiger partial charge >= 0.3 is 0 Å². The van der Waals surface area contributed by atoms with Gasteiger partial charge in [0.05, 0.1) is 17.0 Å². The third-order valence-electron chi connectivity index (χ3n) is 5.92. The van der Waals surface area contributed by atoms with Crippen LogP contribution < -0.4 is 4.74 Å². The number of fused-ring (bicyclic) bond motifs is 1. The first-order valence-electron chi connectivity index (χ1n) is 10.9. The highest BCUT2D eigenvalue weighted by Crippen LogP contribution is 2.35. The van der Waals surface area contributed by atoms with Gasteiger partial charge in [-0.3, -0.25) is 9.20 Å². The number of benzene rings is 1. The normalized spacial score (nSPS) is 13.3. The van der Waals surface area contributed by atoms with Gasteiger partial charge in [-0.2, -0.15) is 0 Å². The van der Waals surface area contributed by atoms with Crippen molar-refractivity contribution in [3.8, 4) is 5.88 Å². The van der Waals surface area contributed by atoms with Gasteiger partial charge in [0, 0.05) is 18.0 Å².